The number of aliphatic hydroxyl groups is 1. The van der Waals surface area contributed by atoms with Crippen LogP contribution >= 0.6 is 0 Å². The summed E-state index contributed by atoms with van der Waals surface area (Å²) in [4.78, 5) is 11.0. The average molecular weight is 279 g/mol. The zero-order valence-corrected chi connectivity index (χ0v) is 11.6. The van der Waals surface area contributed by atoms with Crippen LogP contribution in [0.15, 0.2) is 0 Å². The number of nitrogens with zero attached hydrogens (tertiary/aromatic N) is 1. The van der Waals surface area contributed by atoms with Gasteiger partial charge in [0.25, 0.3) is 0 Å². The standard InChI is InChI=1S/C11H21NO5S/c1-12(9-5-3-4-6-10(9)13)18(15,16)8-7-11(14)17-2/h9-10,13H,3-8H2,1-2H3. The molecule has 0 saturated heterocycles. The first-order chi connectivity index (χ1) is 8.38. The highest BCUT2D eigenvalue weighted by Gasteiger charge is 2.33. The molecule has 2 atom stereocenters. The number of carbonyl (C=O) groups excluding carboxylic acids is 1. The number of methoxy groups -OCH3 is 1. The summed E-state index contributed by atoms with van der Waals surface area (Å²) in [5, 5.41) is 9.83. The predicted octanol–water partition coefficient (Wildman–Crippen LogP) is 0.115. The van der Waals surface area contributed by atoms with Gasteiger partial charge in [-0.1, -0.05) is 12.8 Å². The quantitative estimate of drug-likeness (QED) is 0.722. The molecule has 0 bridgehead atoms. The van der Waals surface area contributed by atoms with Gasteiger partial charge in [0.15, 0.2) is 0 Å². The van der Waals surface area contributed by atoms with Crippen molar-refractivity contribution in [2.24, 2.45) is 0 Å². The summed E-state index contributed by atoms with van der Waals surface area (Å²) >= 11 is 0. The Hall–Kier alpha value is -0.660. The Kier molecular flexibility index (Phi) is 5.55. The van der Waals surface area contributed by atoms with Crippen molar-refractivity contribution in [1.29, 1.82) is 0 Å². The molecule has 6 nitrogen and oxygen atoms in total. The number of hydrogen-bond donors (Lipinski definition) is 1. The van der Waals surface area contributed by atoms with E-state index in [1.807, 2.05) is 0 Å². The highest BCUT2D eigenvalue weighted by Crippen LogP contribution is 2.24. The SMILES string of the molecule is COC(=O)CCS(=O)(=O)N(C)C1CCCCC1O. The van der Waals surface area contributed by atoms with Crippen LogP contribution in [0, 0.1) is 0 Å². The number of hydrogen-bond acceptors (Lipinski definition) is 5. The number of sulfonamides is 1. The highest BCUT2D eigenvalue weighted by atomic mass is 32.2. The first kappa shape index (κ1) is 15.4. The molecule has 106 valence electrons. The van der Waals surface area contributed by atoms with Crippen molar-refractivity contribution in [2.45, 2.75) is 44.2 Å². The molecule has 1 fully saturated rings. The molecule has 18 heavy (non-hydrogen) atoms. The minimum Gasteiger partial charge on any atom is -0.469 e. The van der Waals surface area contributed by atoms with Gasteiger partial charge in [0.2, 0.25) is 10.0 Å². The van der Waals surface area contributed by atoms with Gasteiger partial charge >= 0.3 is 5.97 Å². The summed E-state index contributed by atoms with van der Waals surface area (Å²) in [6, 6.07) is -0.374. The third kappa shape index (κ3) is 3.93. The van der Waals surface area contributed by atoms with E-state index >= 15 is 0 Å². The van der Waals surface area contributed by atoms with Crippen LogP contribution in [-0.4, -0.2) is 55.9 Å². The molecule has 0 aromatic heterocycles. The number of likely N-dealkylation sites (N-methyl/N-ethyl adjacent to an activating group) is 1. The molecule has 0 spiro atoms. The summed E-state index contributed by atoms with van der Waals surface area (Å²) in [5.41, 5.74) is 0. The molecular weight excluding hydrogens is 258 g/mol. The fraction of sp³-hybridized carbons (Fsp3) is 0.909. The average Bonchev–Trinajstić information content (AvgIpc) is 2.35. The lowest BCUT2D eigenvalue weighted by Gasteiger charge is -2.34. The van der Waals surface area contributed by atoms with Gasteiger partial charge in [-0.05, 0) is 12.8 Å². The molecule has 7 heteroatoms. The fourth-order valence-corrected chi connectivity index (χ4v) is 3.55. The molecule has 0 heterocycles. The molecule has 1 aliphatic carbocycles. The van der Waals surface area contributed by atoms with Crippen molar-refractivity contribution < 1.29 is 23.1 Å². The second-order valence-corrected chi connectivity index (χ2v) is 6.73. The van der Waals surface area contributed by atoms with Crippen LogP contribution < -0.4 is 0 Å². The van der Waals surface area contributed by atoms with Gasteiger partial charge in [0.1, 0.15) is 0 Å². The maximum Gasteiger partial charge on any atom is 0.306 e. The molecule has 0 aromatic rings. The normalized spacial score (nSPS) is 25.1. The first-order valence-corrected chi connectivity index (χ1v) is 7.70. The van der Waals surface area contributed by atoms with Crippen molar-refractivity contribution in [3.63, 3.8) is 0 Å². The van der Waals surface area contributed by atoms with E-state index < -0.39 is 22.1 Å². The Morgan fingerprint density at radius 3 is 2.56 bits per heavy atom. The van der Waals surface area contributed by atoms with Crippen LogP contribution in [0.3, 0.4) is 0 Å². The van der Waals surface area contributed by atoms with Crippen molar-refractivity contribution in [2.75, 3.05) is 19.9 Å². The van der Waals surface area contributed by atoms with Crippen molar-refractivity contribution >= 4 is 16.0 Å². The zero-order chi connectivity index (χ0) is 13.8. The van der Waals surface area contributed by atoms with Crippen LogP contribution in [0.5, 0.6) is 0 Å². The van der Waals surface area contributed by atoms with Crippen LogP contribution in [0.1, 0.15) is 32.1 Å². The lowest BCUT2D eigenvalue weighted by molar-refractivity contribution is -0.140. The number of carbonyl (C=O) groups is 1. The van der Waals surface area contributed by atoms with Crippen LogP contribution in [0.25, 0.3) is 0 Å². The van der Waals surface area contributed by atoms with Crippen molar-refractivity contribution in [1.82, 2.24) is 4.31 Å². The minimum atomic E-state index is -3.53. The molecule has 1 saturated carbocycles. The van der Waals surface area contributed by atoms with E-state index in [-0.39, 0.29) is 18.2 Å². The lowest BCUT2D eigenvalue weighted by atomic mass is 9.93. The van der Waals surface area contributed by atoms with E-state index in [9.17, 15) is 18.3 Å². The molecule has 0 amide bonds. The summed E-state index contributed by atoms with van der Waals surface area (Å²) in [7, 11) is -0.836. The van der Waals surface area contributed by atoms with Crippen LogP contribution in [0.4, 0.5) is 0 Å². The highest BCUT2D eigenvalue weighted by molar-refractivity contribution is 7.89. The van der Waals surface area contributed by atoms with Gasteiger partial charge in [0, 0.05) is 7.05 Å². The Bertz CT molecular complexity index is 381. The maximum atomic E-state index is 12.0. The Morgan fingerprint density at radius 1 is 1.39 bits per heavy atom. The van der Waals surface area contributed by atoms with Crippen LogP contribution in [0.2, 0.25) is 0 Å². The molecular formula is C11H21NO5S. The van der Waals surface area contributed by atoms with Gasteiger partial charge in [-0.25, -0.2) is 8.42 Å². The molecule has 0 aromatic carbocycles. The lowest BCUT2D eigenvalue weighted by Crippen LogP contribution is -2.47. The topological polar surface area (TPSA) is 83.9 Å². The summed E-state index contributed by atoms with van der Waals surface area (Å²) < 4.78 is 29.6. The zero-order valence-electron chi connectivity index (χ0n) is 10.8. The van der Waals surface area contributed by atoms with Crippen molar-refractivity contribution in [3.8, 4) is 0 Å². The summed E-state index contributed by atoms with van der Waals surface area (Å²) in [6.45, 7) is 0. The second-order valence-electron chi connectivity index (χ2n) is 4.58. The van der Waals surface area contributed by atoms with E-state index in [4.69, 9.17) is 0 Å². The third-order valence-corrected chi connectivity index (χ3v) is 5.26. The van der Waals surface area contributed by atoms with Gasteiger partial charge in [-0.15, -0.1) is 0 Å². The maximum absolute atomic E-state index is 12.0. The molecule has 1 rings (SSSR count). The smallest absolute Gasteiger partial charge is 0.306 e. The van der Waals surface area contributed by atoms with E-state index in [0.29, 0.717) is 12.8 Å². The first-order valence-electron chi connectivity index (χ1n) is 6.09. The van der Waals surface area contributed by atoms with Gasteiger partial charge in [0.05, 0.1) is 31.4 Å². The Labute approximate surface area is 108 Å². The Balaban J connectivity index is 2.63. The molecule has 2 unspecified atom stereocenters. The largest absolute Gasteiger partial charge is 0.469 e. The van der Waals surface area contributed by atoms with Gasteiger partial charge in [-0.3, -0.25) is 4.79 Å². The summed E-state index contributed by atoms with van der Waals surface area (Å²) in [5.74, 6) is -0.824. The van der Waals surface area contributed by atoms with E-state index in [1.165, 1.54) is 18.5 Å². The summed E-state index contributed by atoms with van der Waals surface area (Å²) in [6.07, 6.45) is 2.35. The number of aliphatic hydroxyl groups excluding tert-OH is 1. The predicted molar refractivity (Wildman–Crippen MR) is 66.4 cm³/mol. The number of rotatable bonds is 5. The minimum absolute atomic E-state index is 0.161. The van der Waals surface area contributed by atoms with Crippen molar-refractivity contribution in [3.05, 3.63) is 0 Å². The van der Waals surface area contributed by atoms with Gasteiger partial charge in [-0.2, -0.15) is 4.31 Å². The van der Waals surface area contributed by atoms with E-state index in [2.05, 4.69) is 4.74 Å². The third-order valence-electron chi connectivity index (χ3n) is 3.39. The molecule has 0 radical (unpaired) electrons. The number of ether oxygens (including phenoxy) is 1. The molecule has 1 aliphatic rings. The molecule has 0 aliphatic heterocycles. The Morgan fingerprint density at radius 2 is 2.00 bits per heavy atom. The second kappa shape index (κ2) is 6.49. The van der Waals surface area contributed by atoms with Gasteiger partial charge < -0.3 is 9.84 Å². The van der Waals surface area contributed by atoms with E-state index in [0.717, 1.165) is 12.8 Å². The monoisotopic (exact) mass is 279 g/mol. The van der Waals surface area contributed by atoms with Crippen LogP contribution in [-0.2, 0) is 19.6 Å². The fourth-order valence-electron chi connectivity index (χ4n) is 2.18. The number of esters is 1. The van der Waals surface area contributed by atoms with E-state index in [1.54, 1.807) is 0 Å². The molecule has 1 N–H and O–H groups in total.